The summed E-state index contributed by atoms with van der Waals surface area (Å²) in [4.78, 5) is 26.7. The third-order valence-corrected chi connectivity index (χ3v) is 5.04. The lowest BCUT2D eigenvalue weighted by Gasteiger charge is -2.26. The van der Waals surface area contributed by atoms with Crippen LogP contribution in [0.1, 0.15) is 40.7 Å². The normalized spacial score (nSPS) is 18.5. The van der Waals surface area contributed by atoms with E-state index in [1.165, 1.54) is 0 Å². The molecular formula is C19H17ClN2O2. The van der Waals surface area contributed by atoms with Gasteiger partial charge in [-0.05, 0) is 67.3 Å². The van der Waals surface area contributed by atoms with E-state index < -0.39 is 0 Å². The Balaban J connectivity index is 1.67. The molecule has 2 aromatic rings. The minimum Gasteiger partial charge on any atom is -0.322 e. The average molecular weight is 341 g/mol. The third-order valence-electron chi connectivity index (χ3n) is 4.78. The standard InChI is InChI=1S/C19H17ClN2O2/c1-11-16-10-15(21-18(23)12-4-6-14(20)7-5-12)9-13-3-2-8-22(17(13)16)19(11)24/h4-7,9-11H,2-3,8H2,1H3,(H,21,23)/t11-/m1/s1. The van der Waals surface area contributed by atoms with Crippen LogP contribution in [0.2, 0.25) is 5.02 Å². The molecule has 122 valence electrons. The van der Waals surface area contributed by atoms with Crippen molar-refractivity contribution < 1.29 is 9.59 Å². The van der Waals surface area contributed by atoms with E-state index in [1.54, 1.807) is 24.3 Å². The van der Waals surface area contributed by atoms with Gasteiger partial charge in [0.2, 0.25) is 5.91 Å². The number of anilines is 2. The van der Waals surface area contributed by atoms with Crippen LogP contribution in [0.25, 0.3) is 0 Å². The van der Waals surface area contributed by atoms with Crippen LogP contribution < -0.4 is 10.2 Å². The van der Waals surface area contributed by atoms with Crippen molar-refractivity contribution >= 4 is 34.8 Å². The number of carbonyl (C=O) groups is 2. The summed E-state index contributed by atoms with van der Waals surface area (Å²) in [5.74, 6) is -0.167. The van der Waals surface area contributed by atoms with Crippen LogP contribution in [0.5, 0.6) is 0 Å². The van der Waals surface area contributed by atoms with E-state index in [1.807, 2.05) is 24.0 Å². The molecule has 2 aliphatic heterocycles. The van der Waals surface area contributed by atoms with Gasteiger partial charge in [0.15, 0.2) is 0 Å². The molecule has 2 aliphatic rings. The molecule has 5 heteroatoms. The van der Waals surface area contributed by atoms with Gasteiger partial charge in [-0.2, -0.15) is 0 Å². The molecule has 4 nitrogen and oxygen atoms in total. The molecule has 2 aromatic carbocycles. The summed E-state index contributed by atoms with van der Waals surface area (Å²) in [6, 6.07) is 10.7. The first kappa shape index (κ1) is 15.2. The highest BCUT2D eigenvalue weighted by Gasteiger charge is 2.37. The SMILES string of the molecule is C[C@H]1C(=O)N2CCCc3cc(NC(=O)c4ccc(Cl)cc4)cc1c32. The molecular weight excluding hydrogens is 324 g/mol. The van der Waals surface area contributed by atoms with Crippen LogP contribution in [-0.2, 0) is 11.2 Å². The maximum atomic E-state index is 12.4. The number of amides is 2. The highest BCUT2D eigenvalue weighted by molar-refractivity contribution is 6.30. The second kappa shape index (κ2) is 5.64. The molecule has 2 amide bonds. The van der Waals surface area contributed by atoms with Crippen LogP contribution in [0.3, 0.4) is 0 Å². The Morgan fingerprint density at radius 1 is 1.25 bits per heavy atom. The summed E-state index contributed by atoms with van der Waals surface area (Å²) in [5, 5.41) is 3.54. The van der Waals surface area contributed by atoms with E-state index in [2.05, 4.69) is 5.32 Å². The molecule has 1 atom stereocenters. The largest absolute Gasteiger partial charge is 0.322 e. The van der Waals surface area contributed by atoms with Gasteiger partial charge in [-0.3, -0.25) is 9.59 Å². The minimum absolute atomic E-state index is 0.149. The summed E-state index contributed by atoms with van der Waals surface area (Å²) < 4.78 is 0. The Labute approximate surface area is 145 Å². The van der Waals surface area contributed by atoms with Crippen molar-refractivity contribution in [3.63, 3.8) is 0 Å². The highest BCUT2D eigenvalue weighted by atomic mass is 35.5. The molecule has 24 heavy (non-hydrogen) atoms. The molecule has 0 saturated heterocycles. The zero-order valence-corrected chi connectivity index (χ0v) is 14.1. The average Bonchev–Trinajstić information content (AvgIpc) is 2.82. The zero-order valence-electron chi connectivity index (χ0n) is 13.3. The number of rotatable bonds is 2. The van der Waals surface area contributed by atoms with E-state index in [0.717, 1.165) is 41.9 Å². The van der Waals surface area contributed by atoms with Crippen molar-refractivity contribution in [2.75, 3.05) is 16.8 Å². The predicted octanol–water partition coefficient (Wildman–Crippen LogP) is 3.99. The number of nitrogens with zero attached hydrogens (tertiary/aromatic N) is 1. The van der Waals surface area contributed by atoms with Gasteiger partial charge in [-0.25, -0.2) is 0 Å². The predicted molar refractivity (Wildman–Crippen MR) is 94.9 cm³/mol. The molecule has 0 unspecified atom stereocenters. The van der Waals surface area contributed by atoms with Crippen molar-refractivity contribution in [2.24, 2.45) is 0 Å². The number of aryl methyl sites for hydroxylation is 1. The Kier molecular flexibility index (Phi) is 3.57. The fourth-order valence-corrected chi connectivity index (χ4v) is 3.70. The van der Waals surface area contributed by atoms with E-state index in [-0.39, 0.29) is 17.7 Å². The van der Waals surface area contributed by atoms with E-state index in [0.29, 0.717) is 10.6 Å². The fraction of sp³-hybridized carbons (Fsp3) is 0.263. The van der Waals surface area contributed by atoms with Gasteiger partial charge in [0.05, 0.1) is 11.6 Å². The molecule has 1 N–H and O–H groups in total. The summed E-state index contributed by atoms with van der Waals surface area (Å²) in [6.07, 6.45) is 1.89. The lowest BCUT2D eigenvalue weighted by atomic mass is 9.96. The quantitative estimate of drug-likeness (QED) is 0.898. The molecule has 2 heterocycles. The van der Waals surface area contributed by atoms with Gasteiger partial charge in [0.1, 0.15) is 0 Å². The lowest BCUT2D eigenvalue weighted by Crippen LogP contribution is -2.32. The minimum atomic E-state index is -0.177. The van der Waals surface area contributed by atoms with Crippen molar-refractivity contribution in [2.45, 2.75) is 25.7 Å². The number of benzene rings is 2. The molecule has 4 rings (SSSR count). The first-order valence-electron chi connectivity index (χ1n) is 8.09. The summed E-state index contributed by atoms with van der Waals surface area (Å²) in [5.41, 5.74) is 4.51. The number of nitrogens with one attached hydrogen (secondary N) is 1. The van der Waals surface area contributed by atoms with Crippen molar-refractivity contribution in [1.29, 1.82) is 0 Å². The van der Waals surface area contributed by atoms with E-state index >= 15 is 0 Å². The fourth-order valence-electron chi connectivity index (χ4n) is 3.57. The number of carbonyl (C=O) groups excluding carboxylic acids is 2. The second-order valence-corrected chi connectivity index (χ2v) is 6.79. The number of hydrogen-bond acceptors (Lipinski definition) is 2. The van der Waals surface area contributed by atoms with Gasteiger partial charge < -0.3 is 10.2 Å². The summed E-state index contributed by atoms with van der Waals surface area (Å²) in [6.45, 7) is 2.72. The van der Waals surface area contributed by atoms with Crippen LogP contribution in [0.15, 0.2) is 36.4 Å². The maximum Gasteiger partial charge on any atom is 0.255 e. The Morgan fingerprint density at radius 2 is 2.00 bits per heavy atom. The Morgan fingerprint density at radius 3 is 2.75 bits per heavy atom. The van der Waals surface area contributed by atoms with E-state index in [4.69, 9.17) is 11.6 Å². The zero-order chi connectivity index (χ0) is 16.8. The van der Waals surface area contributed by atoms with Gasteiger partial charge in [0.25, 0.3) is 5.91 Å². The molecule has 0 radical (unpaired) electrons. The van der Waals surface area contributed by atoms with Crippen molar-refractivity contribution in [3.05, 3.63) is 58.1 Å². The molecule has 0 saturated carbocycles. The smallest absolute Gasteiger partial charge is 0.255 e. The van der Waals surface area contributed by atoms with Crippen LogP contribution in [0.4, 0.5) is 11.4 Å². The van der Waals surface area contributed by atoms with Gasteiger partial charge in [-0.1, -0.05) is 11.6 Å². The summed E-state index contributed by atoms with van der Waals surface area (Å²) >= 11 is 5.86. The Bertz CT molecular complexity index is 845. The van der Waals surface area contributed by atoms with Gasteiger partial charge >= 0.3 is 0 Å². The maximum absolute atomic E-state index is 12.4. The molecule has 0 spiro atoms. The number of hydrogen-bond donors (Lipinski definition) is 1. The monoisotopic (exact) mass is 340 g/mol. The first-order valence-corrected chi connectivity index (χ1v) is 8.47. The van der Waals surface area contributed by atoms with Crippen molar-refractivity contribution in [3.8, 4) is 0 Å². The Hall–Kier alpha value is -2.33. The molecule has 0 aliphatic carbocycles. The van der Waals surface area contributed by atoms with Gasteiger partial charge in [-0.15, -0.1) is 0 Å². The summed E-state index contributed by atoms with van der Waals surface area (Å²) in [7, 11) is 0. The second-order valence-electron chi connectivity index (χ2n) is 6.35. The van der Waals surface area contributed by atoms with Crippen molar-refractivity contribution in [1.82, 2.24) is 0 Å². The van der Waals surface area contributed by atoms with Crippen LogP contribution in [-0.4, -0.2) is 18.4 Å². The molecule has 0 bridgehead atoms. The van der Waals surface area contributed by atoms with E-state index in [9.17, 15) is 9.59 Å². The highest BCUT2D eigenvalue weighted by Crippen LogP contribution is 2.44. The number of halogens is 1. The third kappa shape index (κ3) is 2.38. The van der Waals surface area contributed by atoms with Gasteiger partial charge in [0, 0.05) is 22.8 Å². The molecule has 0 fully saturated rings. The topological polar surface area (TPSA) is 49.4 Å². The van der Waals surface area contributed by atoms with Crippen LogP contribution >= 0.6 is 11.6 Å². The van der Waals surface area contributed by atoms with Crippen LogP contribution in [0, 0.1) is 0 Å². The lowest BCUT2D eigenvalue weighted by molar-refractivity contribution is -0.119. The first-order chi connectivity index (χ1) is 11.5. The molecule has 0 aromatic heterocycles.